The number of nitrogens with zero attached hydrogens (tertiary/aromatic N) is 4. The third-order valence-corrected chi connectivity index (χ3v) is 6.36. The molecule has 0 atom stereocenters. The van der Waals surface area contributed by atoms with Crippen molar-refractivity contribution in [3.05, 3.63) is 76.6 Å². The topological polar surface area (TPSA) is 51.0 Å². The van der Waals surface area contributed by atoms with Crippen molar-refractivity contribution in [3.8, 4) is 0 Å². The van der Waals surface area contributed by atoms with Gasteiger partial charge in [0.05, 0.1) is 27.1 Å². The molecule has 2 aromatic heterocycles. The number of carbonyl (C=O) groups excluding carboxylic acids is 1. The largest absolute Gasteiger partial charge is 0.337 e. The van der Waals surface area contributed by atoms with Gasteiger partial charge in [-0.3, -0.25) is 9.69 Å². The fraction of sp³-hybridized carbons (Fsp3) is 0.227. The van der Waals surface area contributed by atoms with Gasteiger partial charge in [0, 0.05) is 25.5 Å². The van der Waals surface area contributed by atoms with Gasteiger partial charge in [0.2, 0.25) is 0 Å². The van der Waals surface area contributed by atoms with Crippen LogP contribution in [0.15, 0.2) is 49.1 Å². The van der Waals surface area contributed by atoms with Crippen molar-refractivity contribution in [3.63, 3.8) is 0 Å². The van der Waals surface area contributed by atoms with Crippen molar-refractivity contribution in [1.82, 2.24) is 14.5 Å². The lowest BCUT2D eigenvalue weighted by Gasteiger charge is -2.21. The number of thiazole rings is 1. The highest BCUT2D eigenvalue weighted by atomic mass is 35.5. The van der Waals surface area contributed by atoms with E-state index in [1.54, 1.807) is 12.5 Å². The second-order valence-corrected chi connectivity index (χ2v) is 8.52. The van der Waals surface area contributed by atoms with E-state index in [2.05, 4.69) is 11.1 Å². The van der Waals surface area contributed by atoms with Crippen LogP contribution in [0.4, 0.5) is 9.52 Å². The van der Waals surface area contributed by atoms with E-state index in [0.717, 1.165) is 21.3 Å². The van der Waals surface area contributed by atoms with Crippen molar-refractivity contribution in [2.45, 2.75) is 26.8 Å². The van der Waals surface area contributed by atoms with Crippen molar-refractivity contribution >= 4 is 56.6 Å². The summed E-state index contributed by atoms with van der Waals surface area (Å²) in [6, 6.07) is 8.33. The average molecular weight is 479 g/mol. The molecule has 4 rings (SSSR count). The van der Waals surface area contributed by atoms with Crippen LogP contribution in [0.1, 0.15) is 27.9 Å². The van der Waals surface area contributed by atoms with Crippen molar-refractivity contribution < 1.29 is 9.18 Å². The first-order valence-electron chi connectivity index (χ1n) is 9.53. The molecule has 0 radical (unpaired) electrons. The highest BCUT2D eigenvalue weighted by Crippen LogP contribution is 2.34. The minimum atomic E-state index is -0.639. The van der Waals surface area contributed by atoms with Gasteiger partial charge < -0.3 is 4.57 Å². The highest BCUT2D eigenvalue weighted by Gasteiger charge is 2.26. The maximum absolute atomic E-state index is 14.5. The third-order valence-electron chi connectivity index (χ3n) is 4.82. The Morgan fingerprint density at radius 1 is 1.29 bits per heavy atom. The molecule has 0 aliphatic heterocycles. The number of carbonyl (C=O) groups is 1. The Bertz CT molecular complexity index is 1190. The van der Waals surface area contributed by atoms with E-state index in [4.69, 9.17) is 16.6 Å². The molecule has 0 N–H and O–H groups in total. The standard InChI is InChI=1S/C22H20ClFN4OS.ClH/c1-14-11-15(2)20-18(12-14)26-22(30-20)28(9-4-8-27-10-7-25-13-27)21(29)19-16(23)5-3-6-17(19)24;/h3,5-7,10-13H,4,8-9H2,1-2H3;1H. The summed E-state index contributed by atoms with van der Waals surface area (Å²) in [6.45, 7) is 5.09. The molecule has 5 nitrogen and oxygen atoms in total. The molecule has 0 aliphatic rings. The first-order valence-corrected chi connectivity index (χ1v) is 10.7. The van der Waals surface area contributed by atoms with Crippen LogP contribution in [0.5, 0.6) is 0 Å². The fourth-order valence-electron chi connectivity index (χ4n) is 3.43. The van der Waals surface area contributed by atoms with Gasteiger partial charge >= 0.3 is 0 Å². The molecule has 31 heavy (non-hydrogen) atoms. The third kappa shape index (κ3) is 4.89. The van der Waals surface area contributed by atoms with Gasteiger partial charge in [-0.05, 0) is 49.6 Å². The van der Waals surface area contributed by atoms with E-state index in [1.807, 2.05) is 30.7 Å². The van der Waals surface area contributed by atoms with Crippen molar-refractivity contribution in [2.24, 2.45) is 0 Å². The zero-order valence-corrected chi connectivity index (χ0v) is 19.4. The fourth-order valence-corrected chi connectivity index (χ4v) is 4.72. The van der Waals surface area contributed by atoms with Gasteiger partial charge in [-0.25, -0.2) is 14.4 Å². The number of hydrogen-bond donors (Lipinski definition) is 0. The number of halogens is 3. The number of benzene rings is 2. The van der Waals surface area contributed by atoms with E-state index in [9.17, 15) is 9.18 Å². The molecule has 1 amide bonds. The zero-order valence-electron chi connectivity index (χ0n) is 17.0. The minimum Gasteiger partial charge on any atom is -0.337 e. The van der Waals surface area contributed by atoms with Gasteiger partial charge in [0.15, 0.2) is 5.13 Å². The molecule has 0 fully saturated rings. The maximum Gasteiger partial charge on any atom is 0.264 e. The smallest absolute Gasteiger partial charge is 0.264 e. The Hall–Kier alpha value is -2.48. The summed E-state index contributed by atoms with van der Waals surface area (Å²) in [5, 5.41) is 0.626. The van der Waals surface area contributed by atoms with E-state index in [-0.39, 0.29) is 23.0 Å². The van der Waals surface area contributed by atoms with E-state index in [1.165, 1.54) is 34.4 Å². The first kappa shape index (κ1) is 23.2. The molecular weight excluding hydrogens is 458 g/mol. The number of hydrogen-bond acceptors (Lipinski definition) is 4. The Kier molecular flexibility index (Phi) is 7.30. The lowest BCUT2D eigenvalue weighted by Crippen LogP contribution is -2.33. The zero-order chi connectivity index (χ0) is 21.3. The van der Waals surface area contributed by atoms with Crippen LogP contribution in [0.2, 0.25) is 5.02 Å². The Balaban J connectivity index is 0.00000272. The summed E-state index contributed by atoms with van der Waals surface area (Å²) >= 11 is 7.61. The van der Waals surface area contributed by atoms with Gasteiger partial charge in [-0.1, -0.05) is 35.1 Å². The SMILES string of the molecule is Cc1cc(C)c2sc(N(CCCn3ccnc3)C(=O)c3c(F)cccc3Cl)nc2c1.Cl. The molecule has 0 unspecified atom stereocenters. The van der Waals surface area contributed by atoms with E-state index in [0.29, 0.717) is 24.6 Å². The Morgan fingerprint density at radius 3 is 2.81 bits per heavy atom. The Labute approximate surface area is 194 Å². The lowest BCUT2D eigenvalue weighted by molar-refractivity contribution is 0.0982. The molecule has 0 saturated heterocycles. The Morgan fingerprint density at radius 2 is 2.10 bits per heavy atom. The second kappa shape index (κ2) is 9.77. The van der Waals surface area contributed by atoms with Gasteiger partial charge in [0.1, 0.15) is 5.82 Å². The number of amides is 1. The number of aromatic nitrogens is 3. The van der Waals surface area contributed by atoms with Gasteiger partial charge in [-0.2, -0.15) is 0 Å². The average Bonchev–Trinajstić information content (AvgIpc) is 3.34. The second-order valence-electron chi connectivity index (χ2n) is 7.13. The minimum absolute atomic E-state index is 0. The first-order chi connectivity index (χ1) is 14.4. The van der Waals surface area contributed by atoms with E-state index < -0.39 is 11.7 Å². The van der Waals surface area contributed by atoms with Gasteiger partial charge in [0.25, 0.3) is 5.91 Å². The molecule has 0 spiro atoms. The number of imidazole rings is 1. The number of aryl methyl sites for hydroxylation is 3. The normalized spacial score (nSPS) is 10.8. The summed E-state index contributed by atoms with van der Waals surface area (Å²) in [5.74, 6) is -1.13. The van der Waals surface area contributed by atoms with Crippen LogP contribution >= 0.6 is 35.3 Å². The van der Waals surface area contributed by atoms with Crippen LogP contribution in [0.3, 0.4) is 0 Å². The summed E-state index contributed by atoms with van der Waals surface area (Å²) in [5.41, 5.74) is 2.91. The van der Waals surface area contributed by atoms with E-state index >= 15 is 0 Å². The molecule has 0 saturated carbocycles. The molecule has 2 heterocycles. The van der Waals surface area contributed by atoms with Crippen LogP contribution in [-0.2, 0) is 6.54 Å². The van der Waals surface area contributed by atoms with Crippen LogP contribution in [0, 0.1) is 19.7 Å². The van der Waals surface area contributed by atoms with Crippen LogP contribution in [-0.4, -0.2) is 27.0 Å². The molecule has 162 valence electrons. The highest BCUT2D eigenvalue weighted by molar-refractivity contribution is 7.22. The van der Waals surface area contributed by atoms with Crippen LogP contribution < -0.4 is 4.90 Å². The summed E-state index contributed by atoms with van der Waals surface area (Å²) < 4.78 is 17.4. The molecule has 2 aromatic carbocycles. The monoisotopic (exact) mass is 478 g/mol. The molecule has 0 aliphatic carbocycles. The number of anilines is 1. The number of fused-ring (bicyclic) bond motifs is 1. The summed E-state index contributed by atoms with van der Waals surface area (Å²) in [4.78, 5) is 23.6. The molecule has 0 bridgehead atoms. The quantitative estimate of drug-likeness (QED) is 0.338. The van der Waals surface area contributed by atoms with Crippen molar-refractivity contribution in [2.75, 3.05) is 11.4 Å². The van der Waals surface area contributed by atoms with Crippen LogP contribution in [0.25, 0.3) is 10.2 Å². The summed E-state index contributed by atoms with van der Waals surface area (Å²) in [7, 11) is 0. The number of rotatable bonds is 6. The molecular formula is C22H21Cl2FN4OS. The lowest BCUT2D eigenvalue weighted by atomic mass is 10.1. The maximum atomic E-state index is 14.5. The predicted octanol–water partition coefficient (Wildman–Crippen LogP) is 6.06. The molecule has 9 heteroatoms. The molecule has 4 aromatic rings. The van der Waals surface area contributed by atoms with Crippen molar-refractivity contribution in [1.29, 1.82) is 0 Å². The summed E-state index contributed by atoms with van der Waals surface area (Å²) in [6.07, 6.45) is 5.95. The predicted molar refractivity (Wildman–Crippen MR) is 126 cm³/mol. The van der Waals surface area contributed by atoms with Gasteiger partial charge in [-0.15, -0.1) is 12.4 Å².